The summed E-state index contributed by atoms with van der Waals surface area (Å²) in [5.74, 6) is -0.254. The highest BCUT2D eigenvalue weighted by molar-refractivity contribution is 7.89. The Hall–Kier alpha value is -1.93. The molecule has 0 saturated carbocycles. The number of rotatable bonds is 3. The monoisotopic (exact) mass is 351 g/mol. The number of benzene rings is 1. The van der Waals surface area contributed by atoms with Gasteiger partial charge in [0.05, 0.1) is 4.90 Å². The summed E-state index contributed by atoms with van der Waals surface area (Å²) < 4.78 is 27.3. The van der Waals surface area contributed by atoms with Crippen molar-refractivity contribution in [1.82, 2.24) is 9.21 Å². The third-order valence-electron chi connectivity index (χ3n) is 4.51. The minimum Gasteiger partial charge on any atom is -0.347 e. The van der Waals surface area contributed by atoms with Gasteiger partial charge in [-0.1, -0.05) is 0 Å². The Morgan fingerprint density at radius 1 is 1.29 bits per heavy atom. The number of aryl methyl sites for hydroxylation is 1. The predicted molar refractivity (Wildman–Crippen MR) is 89.0 cm³/mol. The molecule has 24 heavy (non-hydrogen) atoms. The van der Waals surface area contributed by atoms with Crippen LogP contribution in [0.2, 0.25) is 0 Å². The molecule has 1 N–H and O–H groups in total. The first-order chi connectivity index (χ1) is 11.3. The molecule has 2 heterocycles. The number of amides is 2. The van der Waals surface area contributed by atoms with Crippen LogP contribution in [0.1, 0.15) is 24.8 Å². The molecule has 130 valence electrons. The molecule has 0 bridgehead atoms. The van der Waals surface area contributed by atoms with E-state index < -0.39 is 16.1 Å². The summed E-state index contributed by atoms with van der Waals surface area (Å²) in [4.78, 5) is 25.3. The highest BCUT2D eigenvalue weighted by Crippen LogP contribution is 2.30. The van der Waals surface area contributed by atoms with Crippen LogP contribution in [0.15, 0.2) is 23.1 Å². The first kappa shape index (κ1) is 16.9. The molecule has 0 radical (unpaired) electrons. The SMILES string of the molecule is CN(C)C(=O)C1CCCN1S(=O)(=O)c1ccc2c(c1)CCC(=O)N2. The number of likely N-dealkylation sites (N-methyl/N-ethyl adjacent to an activating group) is 1. The van der Waals surface area contributed by atoms with Crippen LogP contribution in [-0.4, -0.2) is 56.1 Å². The fraction of sp³-hybridized carbons (Fsp3) is 0.500. The van der Waals surface area contributed by atoms with E-state index >= 15 is 0 Å². The fourth-order valence-electron chi connectivity index (χ4n) is 3.23. The summed E-state index contributed by atoms with van der Waals surface area (Å²) in [6.07, 6.45) is 2.08. The molecule has 2 aliphatic heterocycles. The van der Waals surface area contributed by atoms with Gasteiger partial charge in [-0.25, -0.2) is 8.42 Å². The van der Waals surface area contributed by atoms with Gasteiger partial charge in [-0.15, -0.1) is 0 Å². The minimum absolute atomic E-state index is 0.0608. The third kappa shape index (κ3) is 2.91. The standard InChI is InChI=1S/C16H21N3O4S/c1-18(2)16(21)14-4-3-9-19(14)24(22,23)12-6-7-13-11(10-12)5-8-15(20)17-13/h6-7,10,14H,3-5,8-9H2,1-2H3,(H,17,20). The van der Waals surface area contributed by atoms with E-state index in [0.717, 1.165) is 5.56 Å². The Morgan fingerprint density at radius 3 is 2.75 bits per heavy atom. The predicted octanol–water partition coefficient (Wildman–Crippen LogP) is 0.813. The van der Waals surface area contributed by atoms with Crippen LogP contribution in [0.3, 0.4) is 0 Å². The molecular weight excluding hydrogens is 330 g/mol. The van der Waals surface area contributed by atoms with Gasteiger partial charge in [0.1, 0.15) is 6.04 Å². The number of fused-ring (bicyclic) bond motifs is 1. The van der Waals surface area contributed by atoms with Crippen molar-refractivity contribution in [2.45, 2.75) is 36.6 Å². The molecule has 1 atom stereocenters. The van der Waals surface area contributed by atoms with Crippen molar-refractivity contribution >= 4 is 27.5 Å². The molecule has 1 fully saturated rings. The van der Waals surface area contributed by atoms with E-state index in [1.165, 1.54) is 15.3 Å². The number of sulfonamides is 1. The zero-order chi connectivity index (χ0) is 17.5. The van der Waals surface area contributed by atoms with E-state index in [4.69, 9.17) is 0 Å². The van der Waals surface area contributed by atoms with Gasteiger partial charge in [-0.05, 0) is 43.0 Å². The Kier molecular flexibility index (Phi) is 4.35. The largest absolute Gasteiger partial charge is 0.347 e. The highest BCUT2D eigenvalue weighted by atomic mass is 32.2. The van der Waals surface area contributed by atoms with Gasteiger partial charge in [0, 0.05) is 32.7 Å². The summed E-state index contributed by atoms with van der Waals surface area (Å²) in [5, 5.41) is 2.74. The third-order valence-corrected chi connectivity index (χ3v) is 6.41. The molecule has 0 spiro atoms. The number of nitrogens with zero attached hydrogens (tertiary/aromatic N) is 2. The molecule has 8 heteroatoms. The maximum atomic E-state index is 13.0. The second kappa shape index (κ2) is 6.18. The number of anilines is 1. The Labute approximate surface area is 141 Å². The molecule has 0 aliphatic carbocycles. The van der Waals surface area contributed by atoms with Crippen molar-refractivity contribution in [3.05, 3.63) is 23.8 Å². The van der Waals surface area contributed by atoms with E-state index in [9.17, 15) is 18.0 Å². The van der Waals surface area contributed by atoms with Crippen molar-refractivity contribution < 1.29 is 18.0 Å². The van der Waals surface area contributed by atoms with E-state index in [1.807, 2.05) is 0 Å². The van der Waals surface area contributed by atoms with Crippen LogP contribution in [0, 0.1) is 0 Å². The van der Waals surface area contributed by atoms with E-state index in [2.05, 4.69) is 5.32 Å². The lowest BCUT2D eigenvalue weighted by Crippen LogP contribution is -2.45. The van der Waals surface area contributed by atoms with Crippen LogP contribution < -0.4 is 5.32 Å². The van der Waals surface area contributed by atoms with E-state index in [1.54, 1.807) is 26.2 Å². The average molecular weight is 351 g/mol. The molecule has 0 aromatic heterocycles. The van der Waals surface area contributed by atoms with Gasteiger partial charge in [0.15, 0.2) is 0 Å². The summed E-state index contributed by atoms with van der Waals surface area (Å²) in [7, 11) is -0.476. The molecule has 1 aromatic rings. The van der Waals surface area contributed by atoms with E-state index in [0.29, 0.717) is 37.9 Å². The second-order valence-corrected chi connectivity index (χ2v) is 8.26. The summed E-state index contributed by atoms with van der Waals surface area (Å²) in [5.41, 5.74) is 1.47. The Morgan fingerprint density at radius 2 is 2.04 bits per heavy atom. The van der Waals surface area contributed by atoms with Gasteiger partial charge in [0.2, 0.25) is 21.8 Å². The first-order valence-corrected chi connectivity index (χ1v) is 9.40. The summed E-state index contributed by atoms with van der Waals surface area (Å²) in [6, 6.07) is 4.09. The summed E-state index contributed by atoms with van der Waals surface area (Å²) in [6.45, 7) is 0.348. The topological polar surface area (TPSA) is 86.8 Å². The molecule has 1 saturated heterocycles. The van der Waals surface area contributed by atoms with Crippen LogP contribution in [0.25, 0.3) is 0 Å². The summed E-state index contributed by atoms with van der Waals surface area (Å²) >= 11 is 0. The van der Waals surface area contributed by atoms with E-state index in [-0.39, 0.29) is 16.7 Å². The van der Waals surface area contributed by atoms with Crippen LogP contribution >= 0.6 is 0 Å². The van der Waals surface area contributed by atoms with Gasteiger partial charge < -0.3 is 10.2 Å². The zero-order valence-corrected chi connectivity index (χ0v) is 14.6. The van der Waals surface area contributed by atoms with Gasteiger partial charge in [-0.2, -0.15) is 4.31 Å². The van der Waals surface area contributed by atoms with Gasteiger partial charge in [-0.3, -0.25) is 9.59 Å². The second-order valence-electron chi connectivity index (χ2n) is 6.37. The van der Waals surface area contributed by atoms with Gasteiger partial charge in [0.25, 0.3) is 0 Å². The smallest absolute Gasteiger partial charge is 0.243 e. The highest BCUT2D eigenvalue weighted by Gasteiger charge is 2.40. The quantitative estimate of drug-likeness (QED) is 0.873. The fourth-order valence-corrected chi connectivity index (χ4v) is 4.93. The molecule has 1 aromatic carbocycles. The molecule has 7 nitrogen and oxygen atoms in total. The van der Waals surface area contributed by atoms with Crippen molar-refractivity contribution in [2.75, 3.05) is 26.0 Å². The van der Waals surface area contributed by atoms with Crippen molar-refractivity contribution in [1.29, 1.82) is 0 Å². The van der Waals surface area contributed by atoms with Crippen molar-refractivity contribution in [3.63, 3.8) is 0 Å². The minimum atomic E-state index is -3.74. The lowest BCUT2D eigenvalue weighted by molar-refractivity contribution is -0.132. The van der Waals surface area contributed by atoms with Gasteiger partial charge >= 0.3 is 0 Å². The number of hydrogen-bond acceptors (Lipinski definition) is 4. The maximum absolute atomic E-state index is 13.0. The lowest BCUT2D eigenvalue weighted by Gasteiger charge is -2.26. The first-order valence-electron chi connectivity index (χ1n) is 7.96. The Balaban J connectivity index is 1.93. The molecule has 3 rings (SSSR count). The van der Waals surface area contributed by atoms with Crippen LogP contribution in [0.4, 0.5) is 5.69 Å². The Bertz CT molecular complexity index is 789. The molecule has 2 amide bonds. The van der Waals surface area contributed by atoms with Crippen LogP contribution in [-0.2, 0) is 26.0 Å². The lowest BCUT2D eigenvalue weighted by atomic mass is 10.0. The van der Waals surface area contributed by atoms with Crippen LogP contribution in [0.5, 0.6) is 0 Å². The molecule has 2 aliphatic rings. The number of nitrogens with one attached hydrogen (secondary N) is 1. The zero-order valence-electron chi connectivity index (χ0n) is 13.8. The van der Waals surface area contributed by atoms with Crippen molar-refractivity contribution in [3.8, 4) is 0 Å². The molecular formula is C16H21N3O4S. The number of hydrogen-bond donors (Lipinski definition) is 1. The maximum Gasteiger partial charge on any atom is 0.243 e. The van der Waals surface area contributed by atoms with Crippen molar-refractivity contribution in [2.24, 2.45) is 0 Å². The number of carbonyl (C=O) groups excluding carboxylic acids is 2. The normalized spacial score (nSPS) is 21.2. The number of carbonyl (C=O) groups is 2. The average Bonchev–Trinajstić information content (AvgIpc) is 3.03. The molecule has 1 unspecified atom stereocenters.